The third kappa shape index (κ3) is 5.46. The molecule has 142 valence electrons. The number of ether oxygens (including phenoxy) is 1. The average molecular weight is 382 g/mol. The summed E-state index contributed by atoms with van der Waals surface area (Å²) in [6.45, 7) is 3.69. The lowest BCUT2D eigenvalue weighted by Gasteiger charge is -2.29. The second kappa shape index (κ2) is 9.20. The van der Waals surface area contributed by atoms with E-state index in [-0.39, 0.29) is 24.2 Å². The van der Waals surface area contributed by atoms with Crippen LogP contribution in [0.2, 0.25) is 0 Å². The van der Waals surface area contributed by atoms with E-state index >= 15 is 0 Å². The standard InChI is InChI=1S/C16H23FN6O2S/c1-2-25-16(26)21-8-11(18)9-23(19)12-3-4-14(13(17)7-12)22-6-5-20-15(24)10-22/h3-4,7,9H,2,5-6,8,10,18-19H2,1H3,(H,20,24)(H,21,26)/b11-9-. The van der Waals surface area contributed by atoms with E-state index in [0.717, 1.165) is 0 Å². The Morgan fingerprint density at radius 2 is 2.35 bits per heavy atom. The van der Waals surface area contributed by atoms with Crippen LogP contribution in [-0.4, -0.2) is 43.9 Å². The number of benzene rings is 1. The highest BCUT2D eigenvalue weighted by Crippen LogP contribution is 2.24. The first-order valence-corrected chi connectivity index (χ1v) is 8.53. The fourth-order valence-electron chi connectivity index (χ4n) is 2.41. The molecule has 26 heavy (non-hydrogen) atoms. The molecule has 0 saturated carbocycles. The minimum absolute atomic E-state index is 0.126. The van der Waals surface area contributed by atoms with Gasteiger partial charge in [-0.1, -0.05) is 0 Å². The maximum Gasteiger partial charge on any atom is 0.256 e. The summed E-state index contributed by atoms with van der Waals surface area (Å²) in [6, 6.07) is 4.55. The molecule has 1 amide bonds. The van der Waals surface area contributed by atoms with Crippen molar-refractivity contribution in [1.29, 1.82) is 0 Å². The molecule has 1 fully saturated rings. The summed E-state index contributed by atoms with van der Waals surface area (Å²) >= 11 is 4.94. The highest BCUT2D eigenvalue weighted by atomic mass is 32.1. The van der Waals surface area contributed by atoms with Gasteiger partial charge in [-0.2, -0.15) is 0 Å². The van der Waals surface area contributed by atoms with Gasteiger partial charge in [-0.05, 0) is 31.3 Å². The predicted molar refractivity (Wildman–Crippen MR) is 103 cm³/mol. The van der Waals surface area contributed by atoms with Gasteiger partial charge in [0.2, 0.25) is 5.91 Å². The molecule has 0 unspecified atom stereocenters. The van der Waals surface area contributed by atoms with Crippen LogP contribution in [-0.2, 0) is 9.53 Å². The summed E-state index contributed by atoms with van der Waals surface area (Å²) in [5, 5.41) is 6.99. The highest BCUT2D eigenvalue weighted by Gasteiger charge is 2.19. The Bertz CT molecular complexity index is 699. The van der Waals surface area contributed by atoms with E-state index in [9.17, 15) is 9.18 Å². The van der Waals surface area contributed by atoms with Crippen LogP contribution in [0.15, 0.2) is 30.1 Å². The van der Waals surface area contributed by atoms with Gasteiger partial charge >= 0.3 is 0 Å². The molecule has 6 N–H and O–H groups in total. The zero-order chi connectivity index (χ0) is 19.1. The Morgan fingerprint density at radius 3 is 3.00 bits per heavy atom. The Balaban J connectivity index is 2.01. The predicted octanol–water partition coefficient (Wildman–Crippen LogP) is 0.153. The van der Waals surface area contributed by atoms with Crippen molar-refractivity contribution in [2.24, 2.45) is 11.6 Å². The van der Waals surface area contributed by atoms with Crippen molar-refractivity contribution in [2.45, 2.75) is 6.92 Å². The van der Waals surface area contributed by atoms with Crippen LogP contribution in [0.3, 0.4) is 0 Å². The second-order valence-corrected chi connectivity index (χ2v) is 5.96. The summed E-state index contributed by atoms with van der Waals surface area (Å²) in [5.74, 6) is 5.33. The molecular formula is C16H23FN6O2S. The van der Waals surface area contributed by atoms with Crippen molar-refractivity contribution in [3.63, 3.8) is 0 Å². The van der Waals surface area contributed by atoms with E-state index in [0.29, 0.717) is 36.8 Å². The molecule has 1 aliphatic rings. The molecule has 2 rings (SSSR count). The molecule has 0 atom stereocenters. The molecule has 0 bridgehead atoms. The zero-order valence-corrected chi connectivity index (χ0v) is 15.3. The number of anilines is 2. The third-order valence-corrected chi connectivity index (χ3v) is 3.89. The van der Waals surface area contributed by atoms with Crippen molar-refractivity contribution < 1.29 is 13.9 Å². The fourth-order valence-corrected chi connectivity index (χ4v) is 2.60. The fraction of sp³-hybridized carbons (Fsp3) is 0.375. The van der Waals surface area contributed by atoms with Gasteiger partial charge in [-0.25, -0.2) is 10.2 Å². The minimum Gasteiger partial charge on any atom is -0.471 e. The lowest BCUT2D eigenvalue weighted by atomic mass is 10.2. The maximum atomic E-state index is 14.4. The van der Waals surface area contributed by atoms with Gasteiger partial charge in [-0.3, -0.25) is 9.80 Å². The number of hydrogen-bond donors (Lipinski definition) is 4. The number of thiocarbonyl (C=S) groups is 1. The molecule has 10 heteroatoms. The van der Waals surface area contributed by atoms with E-state index in [1.807, 2.05) is 6.92 Å². The number of carbonyl (C=O) groups excluding carboxylic acids is 1. The number of hydrazine groups is 1. The summed E-state index contributed by atoms with van der Waals surface area (Å²) in [6.07, 6.45) is 1.46. The van der Waals surface area contributed by atoms with Crippen molar-refractivity contribution in [3.05, 3.63) is 35.9 Å². The molecular weight excluding hydrogens is 359 g/mol. The molecule has 0 aromatic heterocycles. The van der Waals surface area contributed by atoms with Crippen LogP contribution in [0, 0.1) is 5.82 Å². The summed E-state index contributed by atoms with van der Waals surface area (Å²) in [7, 11) is 0. The zero-order valence-electron chi connectivity index (χ0n) is 14.5. The number of halogens is 1. The largest absolute Gasteiger partial charge is 0.471 e. The van der Waals surface area contributed by atoms with E-state index in [4.69, 9.17) is 28.5 Å². The smallest absolute Gasteiger partial charge is 0.256 e. The Labute approximate surface area is 156 Å². The average Bonchev–Trinajstić information content (AvgIpc) is 2.60. The van der Waals surface area contributed by atoms with E-state index in [1.54, 1.807) is 17.0 Å². The van der Waals surface area contributed by atoms with Crippen LogP contribution < -0.4 is 32.1 Å². The topological polar surface area (TPSA) is 109 Å². The summed E-state index contributed by atoms with van der Waals surface area (Å²) in [4.78, 5) is 13.1. The van der Waals surface area contributed by atoms with E-state index in [2.05, 4.69) is 10.6 Å². The van der Waals surface area contributed by atoms with Gasteiger partial charge in [-0.15, -0.1) is 0 Å². The summed E-state index contributed by atoms with van der Waals surface area (Å²) < 4.78 is 19.5. The van der Waals surface area contributed by atoms with Gasteiger partial charge in [0.15, 0.2) is 0 Å². The van der Waals surface area contributed by atoms with Gasteiger partial charge in [0, 0.05) is 31.1 Å². The maximum absolute atomic E-state index is 14.4. The number of nitrogens with one attached hydrogen (secondary N) is 2. The van der Waals surface area contributed by atoms with Crippen LogP contribution in [0.25, 0.3) is 0 Å². The Morgan fingerprint density at radius 1 is 1.58 bits per heavy atom. The van der Waals surface area contributed by atoms with Gasteiger partial charge in [0.1, 0.15) is 5.82 Å². The first-order chi connectivity index (χ1) is 12.4. The second-order valence-electron chi connectivity index (χ2n) is 5.59. The highest BCUT2D eigenvalue weighted by molar-refractivity contribution is 7.80. The number of nitrogens with two attached hydrogens (primary N) is 2. The molecule has 0 spiro atoms. The van der Waals surface area contributed by atoms with Crippen molar-refractivity contribution in [3.8, 4) is 0 Å². The molecule has 1 aromatic carbocycles. The number of carbonyl (C=O) groups is 1. The molecule has 0 radical (unpaired) electrons. The quantitative estimate of drug-likeness (QED) is 0.313. The molecule has 8 nitrogen and oxygen atoms in total. The first kappa shape index (κ1) is 19.7. The number of rotatable bonds is 6. The molecule has 1 saturated heterocycles. The number of hydrogen-bond acceptors (Lipinski definition) is 7. The normalized spacial score (nSPS) is 14.7. The number of nitrogens with zero attached hydrogens (tertiary/aromatic N) is 2. The van der Waals surface area contributed by atoms with Crippen molar-refractivity contribution >= 4 is 34.7 Å². The van der Waals surface area contributed by atoms with Crippen molar-refractivity contribution in [1.82, 2.24) is 10.6 Å². The molecule has 1 heterocycles. The van der Waals surface area contributed by atoms with E-state index in [1.165, 1.54) is 17.3 Å². The van der Waals surface area contributed by atoms with Gasteiger partial charge in [0.25, 0.3) is 5.17 Å². The molecule has 1 aliphatic heterocycles. The number of piperazine rings is 1. The molecule has 0 aliphatic carbocycles. The lowest BCUT2D eigenvalue weighted by Crippen LogP contribution is -2.48. The SMILES string of the molecule is CCOC(=S)NC/C(N)=C/N(N)c1ccc(N2CCNC(=O)C2)c(F)c1. The third-order valence-electron chi connectivity index (χ3n) is 3.63. The van der Waals surface area contributed by atoms with Crippen LogP contribution in [0.5, 0.6) is 0 Å². The van der Waals surface area contributed by atoms with E-state index < -0.39 is 5.82 Å². The minimum atomic E-state index is -0.463. The molecule has 1 aromatic rings. The summed E-state index contributed by atoms with van der Waals surface area (Å²) in [5.41, 5.74) is 7.05. The Hall–Kier alpha value is -2.59. The van der Waals surface area contributed by atoms with Crippen molar-refractivity contribution in [2.75, 3.05) is 42.7 Å². The van der Waals surface area contributed by atoms with Gasteiger partial charge in [0.05, 0.1) is 31.1 Å². The first-order valence-electron chi connectivity index (χ1n) is 8.12. The van der Waals surface area contributed by atoms with Gasteiger partial charge < -0.3 is 26.0 Å². The van der Waals surface area contributed by atoms with Crippen LogP contribution in [0.4, 0.5) is 15.8 Å². The van der Waals surface area contributed by atoms with Crippen LogP contribution >= 0.6 is 12.2 Å². The monoisotopic (exact) mass is 382 g/mol. The lowest BCUT2D eigenvalue weighted by molar-refractivity contribution is -0.120. The Kier molecular flexibility index (Phi) is 6.98. The van der Waals surface area contributed by atoms with Crippen LogP contribution in [0.1, 0.15) is 6.92 Å². The number of amides is 1.